The van der Waals surface area contributed by atoms with Gasteiger partial charge in [-0.15, -0.1) is 10.2 Å². The number of aryl methyl sites for hydroxylation is 1. The first-order valence-corrected chi connectivity index (χ1v) is 12.5. The summed E-state index contributed by atoms with van der Waals surface area (Å²) in [6.07, 6.45) is 0. The number of rotatable bonds is 10. The first-order chi connectivity index (χ1) is 18.0. The SMILES string of the molecule is COC(=O)c1ccccc1NC(=O)CSc1nnc(CNc2ccc(C)cc2)n1-c1ccc(OC)cc1. The summed E-state index contributed by atoms with van der Waals surface area (Å²) in [6, 6.07) is 22.3. The van der Waals surface area contributed by atoms with Crippen molar-refractivity contribution in [1.82, 2.24) is 14.8 Å². The van der Waals surface area contributed by atoms with Crippen LogP contribution in [0.4, 0.5) is 11.4 Å². The number of esters is 1. The van der Waals surface area contributed by atoms with Crippen molar-refractivity contribution in [3.05, 3.63) is 89.7 Å². The minimum absolute atomic E-state index is 0.0647. The maximum atomic E-state index is 12.8. The number of methoxy groups -OCH3 is 2. The van der Waals surface area contributed by atoms with Gasteiger partial charge in [-0.05, 0) is 55.5 Å². The van der Waals surface area contributed by atoms with Crippen LogP contribution in [0.15, 0.2) is 78.0 Å². The number of amides is 1. The molecule has 0 aliphatic rings. The van der Waals surface area contributed by atoms with Crippen molar-refractivity contribution in [1.29, 1.82) is 0 Å². The third-order valence-corrected chi connectivity index (χ3v) is 6.40. The van der Waals surface area contributed by atoms with Crippen molar-refractivity contribution in [3.8, 4) is 11.4 Å². The molecule has 10 heteroatoms. The largest absolute Gasteiger partial charge is 0.497 e. The van der Waals surface area contributed by atoms with Crippen LogP contribution in [-0.4, -0.2) is 46.6 Å². The summed E-state index contributed by atoms with van der Waals surface area (Å²) in [5, 5.41) is 15.4. The highest BCUT2D eigenvalue weighted by Gasteiger charge is 2.18. The molecule has 9 nitrogen and oxygen atoms in total. The Labute approximate surface area is 219 Å². The Morgan fingerprint density at radius 2 is 1.68 bits per heavy atom. The highest BCUT2D eigenvalue weighted by Crippen LogP contribution is 2.25. The highest BCUT2D eigenvalue weighted by molar-refractivity contribution is 7.99. The van der Waals surface area contributed by atoms with Gasteiger partial charge in [0.05, 0.1) is 37.8 Å². The molecular formula is C27H27N5O4S. The predicted molar refractivity (Wildman–Crippen MR) is 144 cm³/mol. The number of ether oxygens (including phenoxy) is 2. The quantitative estimate of drug-likeness (QED) is 0.230. The van der Waals surface area contributed by atoms with Crippen molar-refractivity contribution in [2.75, 3.05) is 30.6 Å². The van der Waals surface area contributed by atoms with Crippen molar-refractivity contribution >= 4 is 35.0 Å². The van der Waals surface area contributed by atoms with Gasteiger partial charge in [0.1, 0.15) is 5.75 Å². The molecule has 4 aromatic rings. The van der Waals surface area contributed by atoms with Crippen LogP contribution < -0.4 is 15.4 Å². The molecule has 0 atom stereocenters. The van der Waals surface area contributed by atoms with E-state index in [0.29, 0.717) is 23.2 Å². The highest BCUT2D eigenvalue weighted by atomic mass is 32.2. The van der Waals surface area contributed by atoms with E-state index in [0.717, 1.165) is 17.1 Å². The standard InChI is InChI=1S/C27H27N5O4S/c1-18-8-10-19(11-9-18)28-16-24-30-31-27(32(24)20-12-14-21(35-2)15-13-20)37-17-25(33)29-23-7-5-4-6-22(23)26(34)36-3/h4-15,28H,16-17H2,1-3H3,(H,29,33). The maximum absolute atomic E-state index is 12.8. The van der Waals surface area contributed by atoms with Gasteiger partial charge in [-0.2, -0.15) is 0 Å². The van der Waals surface area contributed by atoms with Crippen LogP contribution in [0.5, 0.6) is 5.75 Å². The lowest BCUT2D eigenvalue weighted by Gasteiger charge is -2.13. The normalized spacial score (nSPS) is 10.6. The van der Waals surface area contributed by atoms with Crippen LogP contribution in [0.3, 0.4) is 0 Å². The van der Waals surface area contributed by atoms with E-state index < -0.39 is 5.97 Å². The third kappa shape index (κ3) is 6.47. The molecule has 1 heterocycles. The van der Waals surface area contributed by atoms with E-state index in [9.17, 15) is 9.59 Å². The average molecular weight is 518 g/mol. The zero-order valence-corrected chi connectivity index (χ0v) is 21.5. The minimum Gasteiger partial charge on any atom is -0.497 e. The Kier molecular flexibility index (Phi) is 8.42. The zero-order chi connectivity index (χ0) is 26.2. The minimum atomic E-state index is -0.520. The molecule has 3 aromatic carbocycles. The summed E-state index contributed by atoms with van der Waals surface area (Å²) >= 11 is 1.25. The predicted octanol–water partition coefficient (Wildman–Crippen LogP) is 4.71. The van der Waals surface area contributed by atoms with Crippen LogP contribution >= 0.6 is 11.8 Å². The fourth-order valence-corrected chi connectivity index (χ4v) is 4.32. The number of aromatic nitrogens is 3. The Hall–Kier alpha value is -4.31. The summed E-state index contributed by atoms with van der Waals surface area (Å²) < 4.78 is 12.0. The van der Waals surface area contributed by atoms with Crippen LogP contribution in [0.25, 0.3) is 5.69 Å². The monoisotopic (exact) mass is 517 g/mol. The molecule has 1 amide bonds. The molecule has 0 aliphatic heterocycles. The number of carbonyl (C=O) groups excluding carboxylic acids is 2. The van der Waals surface area contributed by atoms with Crippen LogP contribution in [0.2, 0.25) is 0 Å². The average Bonchev–Trinajstić information content (AvgIpc) is 3.34. The van der Waals surface area contributed by atoms with E-state index >= 15 is 0 Å². The Morgan fingerprint density at radius 3 is 2.38 bits per heavy atom. The molecule has 0 unspecified atom stereocenters. The van der Waals surface area contributed by atoms with E-state index in [-0.39, 0.29) is 17.2 Å². The molecule has 4 rings (SSSR count). The van der Waals surface area contributed by atoms with Gasteiger partial charge in [0.25, 0.3) is 0 Å². The van der Waals surface area contributed by atoms with Crippen molar-refractivity contribution in [2.24, 2.45) is 0 Å². The first kappa shape index (κ1) is 25.8. The molecule has 0 fully saturated rings. The number of anilines is 2. The third-order valence-electron chi connectivity index (χ3n) is 5.47. The summed E-state index contributed by atoms with van der Waals surface area (Å²) in [4.78, 5) is 24.8. The molecular weight excluding hydrogens is 490 g/mol. The molecule has 0 radical (unpaired) electrons. The maximum Gasteiger partial charge on any atom is 0.339 e. The summed E-state index contributed by atoms with van der Waals surface area (Å²) in [7, 11) is 2.91. The molecule has 37 heavy (non-hydrogen) atoms. The summed E-state index contributed by atoms with van der Waals surface area (Å²) in [6.45, 7) is 2.47. The van der Waals surface area contributed by atoms with Gasteiger partial charge in [0, 0.05) is 11.4 Å². The summed E-state index contributed by atoms with van der Waals surface area (Å²) in [5.74, 6) is 0.673. The van der Waals surface area contributed by atoms with Crippen LogP contribution in [0.1, 0.15) is 21.7 Å². The fourth-order valence-electron chi connectivity index (χ4n) is 3.55. The fraction of sp³-hybridized carbons (Fsp3) is 0.185. The molecule has 0 bridgehead atoms. The molecule has 1 aromatic heterocycles. The second kappa shape index (κ2) is 12.1. The van der Waals surface area contributed by atoms with E-state index in [1.165, 1.54) is 24.4 Å². The van der Waals surface area contributed by atoms with E-state index in [1.54, 1.807) is 31.4 Å². The van der Waals surface area contributed by atoms with Gasteiger partial charge in [0.15, 0.2) is 11.0 Å². The smallest absolute Gasteiger partial charge is 0.339 e. The van der Waals surface area contributed by atoms with Gasteiger partial charge in [0.2, 0.25) is 5.91 Å². The van der Waals surface area contributed by atoms with Crippen molar-refractivity contribution in [3.63, 3.8) is 0 Å². The molecule has 190 valence electrons. The van der Waals surface area contributed by atoms with Crippen LogP contribution in [0, 0.1) is 6.92 Å². The molecule has 0 saturated carbocycles. The lowest BCUT2D eigenvalue weighted by molar-refractivity contribution is -0.113. The Morgan fingerprint density at radius 1 is 0.946 bits per heavy atom. The molecule has 0 spiro atoms. The van der Waals surface area contributed by atoms with E-state index in [4.69, 9.17) is 9.47 Å². The number of nitrogens with zero attached hydrogens (tertiary/aromatic N) is 3. The Balaban J connectivity index is 1.52. The van der Waals surface area contributed by atoms with Crippen molar-refractivity contribution < 1.29 is 19.1 Å². The number of nitrogens with one attached hydrogen (secondary N) is 2. The van der Waals surface area contributed by atoms with Gasteiger partial charge >= 0.3 is 5.97 Å². The van der Waals surface area contributed by atoms with Gasteiger partial charge < -0.3 is 20.1 Å². The zero-order valence-electron chi connectivity index (χ0n) is 20.7. The Bertz CT molecular complexity index is 1370. The second-order valence-corrected chi connectivity index (χ2v) is 8.97. The topological polar surface area (TPSA) is 107 Å². The second-order valence-electron chi connectivity index (χ2n) is 8.03. The number of carbonyl (C=O) groups is 2. The van der Waals surface area contributed by atoms with Gasteiger partial charge in [-0.3, -0.25) is 9.36 Å². The molecule has 0 saturated heterocycles. The number of hydrogen-bond acceptors (Lipinski definition) is 8. The first-order valence-electron chi connectivity index (χ1n) is 11.5. The lowest BCUT2D eigenvalue weighted by Crippen LogP contribution is -2.17. The lowest BCUT2D eigenvalue weighted by atomic mass is 10.2. The number of hydrogen-bond donors (Lipinski definition) is 2. The van der Waals surface area contributed by atoms with Crippen LogP contribution in [-0.2, 0) is 16.1 Å². The number of thioether (sulfide) groups is 1. The van der Waals surface area contributed by atoms with E-state index in [1.807, 2.05) is 60.0 Å². The molecule has 0 aliphatic carbocycles. The molecule has 2 N–H and O–H groups in total. The van der Waals surface area contributed by atoms with Gasteiger partial charge in [-0.25, -0.2) is 4.79 Å². The van der Waals surface area contributed by atoms with Crippen molar-refractivity contribution in [2.45, 2.75) is 18.6 Å². The van der Waals surface area contributed by atoms with Gasteiger partial charge in [-0.1, -0.05) is 41.6 Å². The number of benzene rings is 3. The summed E-state index contributed by atoms with van der Waals surface area (Å²) in [5.41, 5.74) is 3.66. The number of para-hydroxylation sites is 1. The van der Waals surface area contributed by atoms with E-state index in [2.05, 4.69) is 20.8 Å².